The first-order chi connectivity index (χ1) is 9.65. The maximum absolute atomic E-state index is 11.9. The first-order valence-electron chi connectivity index (χ1n) is 6.24. The largest absolute Gasteiger partial charge is 0.361 e. The molecule has 1 aromatic carbocycles. The summed E-state index contributed by atoms with van der Waals surface area (Å²) in [5.41, 5.74) is 2.21. The highest BCUT2D eigenvalue weighted by Crippen LogP contribution is 2.16. The maximum Gasteiger partial charge on any atom is 0.250 e. The van der Waals surface area contributed by atoms with Crippen LogP contribution in [0.15, 0.2) is 52.2 Å². The molecule has 0 radical (unpaired) electrons. The van der Waals surface area contributed by atoms with Gasteiger partial charge < -0.3 is 4.98 Å². The third-order valence-corrected chi connectivity index (χ3v) is 5.94. The van der Waals surface area contributed by atoms with Crippen molar-refractivity contribution in [3.05, 3.63) is 53.5 Å². The van der Waals surface area contributed by atoms with E-state index in [0.29, 0.717) is 17.2 Å². The Bertz CT molecular complexity index is 805. The average Bonchev–Trinajstić information content (AvgIpc) is 3.09. The Balaban J connectivity index is 1.65. The zero-order valence-corrected chi connectivity index (χ0v) is 12.3. The van der Waals surface area contributed by atoms with E-state index in [1.165, 1.54) is 11.3 Å². The molecule has 0 aliphatic heterocycles. The molecule has 6 heteroatoms. The number of aromatic nitrogens is 1. The van der Waals surface area contributed by atoms with Crippen molar-refractivity contribution in [2.24, 2.45) is 0 Å². The molecule has 0 bridgehead atoms. The Kier molecular flexibility index (Phi) is 3.60. The number of sulfonamides is 1. The van der Waals surface area contributed by atoms with Crippen LogP contribution in [0.1, 0.15) is 5.56 Å². The van der Waals surface area contributed by atoms with Crippen LogP contribution >= 0.6 is 11.3 Å². The van der Waals surface area contributed by atoms with E-state index in [-0.39, 0.29) is 0 Å². The molecule has 2 N–H and O–H groups in total. The molecule has 0 saturated carbocycles. The van der Waals surface area contributed by atoms with E-state index in [1.54, 1.807) is 17.5 Å². The lowest BCUT2D eigenvalue weighted by Gasteiger charge is -2.05. The molecular formula is C14H14N2O2S2. The van der Waals surface area contributed by atoms with E-state index in [2.05, 4.69) is 15.8 Å². The second kappa shape index (κ2) is 5.40. The fraction of sp³-hybridized carbons (Fsp3) is 0.143. The highest BCUT2D eigenvalue weighted by atomic mass is 32.2. The Morgan fingerprint density at radius 2 is 2.10 bits per heavy atom. The molecule has 20 heavy (non-hydrogen) atoms. The highest BCUT2D eigenvalue weighted by molar-refractivity contribution is 7.91. The third kappa shape index (κ3) is 2.77. The number of aromatic amines is 1. The summed E-state index contributed by atoms with van der Waals surface area (Å²) in [6.45, 7) is 0.399. The van der Waals surface area contributed by atoms with Gasteiger partial charge in [-0.15, -0.1) is 11.3 Å². The molecule has 0 fully saturated rings. The minimum atomic E-state index is -3.36. The number of rotatable bonds is 5. The fourth-order valence-corrected chi connectivity index (χ4v) is 4.14. The highest BCUT2D eigenvalue weighted by Gasteiger charge is 2.13. The predicted octanol–water partition coefficient (Wildman–Crippen LogP) is 2.75. The van der Waals surface area contributed by atoms with E-state index in [1.807, 2.05) is 24.4 Å². The number of thiophene rings is 1. The monoisotopic (exact) mass is 306 g/mol. The van der Waals surface area contributed by atoms with Crippen LogP contribution in [0.25, 0.3) is 10.9 Å². The quantitative estimate of drug-likeness (QED) is 0.761. The minimum Gasteiger partial charge on any atom is -0.361 e. The van der Waals surface area contributed by atoms with Crippen molar-refractivity contribution < 1.29 is 8.42 Å². The van der Waals surface area contributed by atoms with Crippen LogP contribution < -0.4 is 4.72 Å². The second-order valence-electron chi connectivity index (χ2n) is 4.48. The van der Waals surface area contributed by atoms with Gasteiger partial charge in [0.25, 0.3) is 0 Å². The van der Waals surface area contributed by atoms with E-state index >= 15 is 0 Å². The molecule has 0 amide bonds. The molecule has 0 aliphatic rings. The number of fused-ring (bicyclic) bond motifs is 1. The van der Waals surface area contributed by atoms with Crippen LogP contribution in [-0.2, 0) is 16.4 Å². The first kappa shape index (κ1) is 13.4. The average molecular weight is 306 g/mol. The van der Waals surface area contributed by atoms with Gasteiger partial charge in [-0.3, -0.25) is 0 Å². The van der Waals surface area contributed by atoms with Gasteiger partial charge in [0.1, 0.15) is 4.21 Å². The smallest absolute Gasteiger partial charge is 0.250 e. The summed E-state index contributed by atoms with van der Waals surface area (Å²) in [6, 6.07) is 11.5. The summed E-state index contributed by atoms with van der Waals surface area (Å²) >= 11 is 1.22. The lowest BCUT2D eigenvalue weighted by molar-refractivity contribution is 0.584. The van der Waals surface area contributed by atoms with Crippen molar-refractivity contribution >= 4 is 32.3 Å². The van der Waals surface area contributed by atoms with Crippen LogP contribution in [0.2, 0.25) is 0 Å². The van der Waals surface area contributed by atoms with Crippen LogP contribution in [0.4, 0.5) is 0 Å². The molecular weight excluding hydrogens is 292 g/mol. The van der Waals surface area contributed by atoms with Gasteiger partial charge in [0, 0.05) is 18.3 Å². The summed E-state index contributed by atoms with van der Waals surface area (Å²) in [7, 11) is -3.36. The summed E-state index contributed by atoms with van der Waals surface area (Å²) in [5.74, 6) is 0. The van der Waals surface area contributed by atoms with Crippen LogP contribution in [0.3, 0.4) is 0 Å². The van der Waals surface area contributed by atoms with Gasteiger partial charge in [-0.2, -0.15) is 0 Å². The predicted molar refractivity (Wildman–Crippen MR) is 81.5 cm³/mol. The standard InChI is InChI=1S/C14H14N2O2S2/c17-20(18,14-2-1-9-19-14)16-8-5-11-3-4-13-12(10-11)6-7-15-13/h1-4,6-7,9-10,15-16H,5,8H2. The summed E-state index contributed by atoms with van der Waals surface area (Å²) in [4.78, 5) is 3.14. The molecule has 3 rings (SSSR count). The Labute approximate surface area is 121 Å². The molecule has 0 unspecified atom stereocenters. The SMILES string of the molecule is O=S(=O)(NCCc1ccc2[nH]ccc2c1)c1cccs1. The molecule has 0 aliphatic carbocycles. The molecule has 4 nitrogen and oxygen atoms in total. The number of H-pyrrole nitrogens is 1. The van der Waals surface area contributed by atoms with E-state index in [4.69, 9.17) is 0 Å². The summed E-state index contributed by atoms with van der Waals surface area (Å²) in [5, 5.41) is 2.90. The van der Waals surface area contributed by atoms with Crippen LogP contribution in [0.5, 0.6) is 0 Å². The Morgan fingerprint density at radius 1 is 1.20 bits per heavy atom. The van der Waals surface area contributed by atoms with E-state index in [0.717, 1.165) is 16.5 Å². The van der Waals surface area contributed by atoms with Crippen LogP contribution in [-0.4, -0.2) is 19.9 Å². The van der Waals surface area contributed by atoms with Gasteiger partial charge in [0.2, 0.25) is 10.0 Å². The topological polar surface area (TPSA) is 62.0 Å². The lowest BCUT2D eigenvalue weighted by atomic mass is 10.1. The molecule has 104 valence electrons. The minimum absolute atomic E-state index is 0.360. The van der Waals surface area contributed by atoms with Crippen molar-refractivity contribution in [1.29, 1.82) is 0 Å². The molecule has 0 spiro atoms. The maximum atomic E-state index is 11.9. The van der Waals surface area contributed by atoms with Crippen molar-refractivity contribution in [3.63, 3.8) is 0 Å². The number of hydrogen-bond acceptors (Lipinski definition) is 3. The van der Waals surface area contributed by atoms with Gasteiger partial charge in [-0.1, -0.05) is 12.1 Å². The zero-order valence-electron chi connectivity index (χ0n) is 10.7. The van der Waals surface area contributed by atoms with E-state index in [9.17, 15) is 8.42 Å². The van der Waals surface area contributed by atoms with E-state index < -0.39 is 10.0 Å². The zero-order chi connectivity index (χ0) is 14.0. The van der Waals surface area contributed by atoms with Crippen molar-refractivity contribution in [2.45, 2.75) is 10.6 Å². The summed E-state index contributed by atoms with van der Waals surface area (Å²) < 4.78 is 26.9. The van der Waals surface area contributed by atoms with Crippen molar-refractivity contribution in [3.8, 4) is 0 Å². The Morgan fingerprint density at radius 3 is 2.90 bits per heavy atom. The first-order valence-corrected chi connectivity index (χ1v) is 8.61. The van der Waals surface area contributed by atoms with Gasteiger partial charge >= 0.3 is 0 Å². The second-order valence-corrected chi connectivity index (χ2v) is 7.42. The van der Waals surface area contributed by atoms with Crippen LogP contribution in [0, 0.1) is 0 Å². The van der Waals surface area contributed by atoms with Crippen molar-refractivity contribution in [1.82, 2.24) is 9.71 Å². The van der Waals surface area contributed by atoms with Gasteiger partial charge in [-0.05, 0) is 47.0 Å². The number of benzene rings is 1. The van der Waals surface area contributed by atoms with Crippen molar-refractivity contribution in [2.75, 3.05) is 6.54 Å². The van der Waals surface area contributed by atoms with Gasteiger partial charge in [0.05, 0.1) is 0 Å². The molecule has 0 atom stereocenters. The van der Waals surface area contributed by atoms with Gasteiger partial charge in [-0.25, -0.2) is 13.1 Å². The fourth-order valence-electron chi connectivity index (χ4n) is 2.08. The third-order valence-electron chi connectivity index (χ3n) is 3.08. The molecule has 2 heterocycles. The number of hydrogen-bond donors (Lipinski definition) is 2. The molecule has 3 aromatic rings. The normalized spacial score (nSPS) is 12.0. The Hall–Kier alpha value is -1.63. The van der Waals surface area contributed by atoms with Gasteiger partial charge in [0.15, 0.2) is 0 Å². The number of nitrogens with one attached hydrogen (secondary N) is 2. The lowest BCUT2D eigenvalue weighted by Crippen LogP contribution is -2.25. The molecule has 2 aromatic heterocycles. The molecule has 0 saturated heterocycles. The summed E-state index contributed by atoms with van der Waals surface area (Å²) in [6.07, 6.45) is 2.57.